The molecule has 0 atom stereocenters. The molecule has 0 N–H and O–H groups in total. The molecule has 0 radical (unpaired) electrons. The first-order valence-corrected chi connectivity index (χ1v) is 5.41. The molecule has 16 heavy (non-hydrogen) atoms. The van der Waals surface area contributed by atoms with Gasteiger partial charge in [-0.3, -0.25) is 9.58 Å². The van der Waals surface area contributed by atoms with Gasteiger partial charge < -0.3 is 0 Å². The van der Waals surface area contributed by atoms with Gasteiger partial charge in [0.1, 0.15) is 5.82 Å². The molecule has 1 aliphatic rings. The Morgan fingerprint density at radius 1 is 1.12 bits per heavy atom. The zero-order valence-electron chi connectivity index (χ0n) is 8.95. The van der Waals surface area contributed by atoms with Gasteiger partial charge in [-0.2, -0.15) is 5.10 Å². The van der Waals surface area contributed by atoms with Crippen LogP contribution in [0.15, 0.2) is 30.7 Å². The minimum Gasteiger partial charge on any atom is -0.288 e. The van der Waals surface area contributed by atoms with Gasteiger partial charge >= 0.3 is 0 Å². The summed E-state index contributed by atoms with van der Waals surface area (Å²) in [5.74, 6) is 0.885. The maximum Gasteiger partial charge on any atom is 0.142 e. The predicted molar refractivity (Wildman–Crippen MR) is 58.4 cm³/mol. The van der Waals surface area contributed by atoms with Crippen molar-refractivity contribution in [1.82, 2.24) is 24.6 Å². The van der Waals surface area contributed by atoms with E-state index in [0.717, 1.165) is 32.0 Å². The van der Waals surface area contributed by atoms with Crippen LogP contribution in [0.2, 0.25) is 0 Å². The minimum atomic E-state index is 0.812. The Kier molecular flexibility index (Phi) is 2.38. The Morgan fingerprint density at radius 3 is 2.88 bits per heavy atom. The Bertz CT molecular complexity index is 464. The highest BCUT2D eigenvalue weighted by Crippen LogP contribution is 2.12. The van der Waals surface area contributed by atoms with Gasteiger partial charge in [-0.25, -0.2) is 9.97 Å². The van der Waals surface area contributed by atoms with Crippen molar-refractivity contribution in [1.29, 1.82) is 0 Å². The zero-order valence-corrected chi connectivity index (χ0v) is 8.95. The normalized spacial score (nSPS) is 16.0. The summed E-state index contributed by atoms with van der Waals surface area (Å²) in [7, 11) is 0. The Morgan fingerprint density at radius 2 is 2.00 bits per heavy atom. The van der Waals surface area contributed by atoms with Crippen molar-refractivity contribution in [2.45, 2.75) is 19.6 Å². The average molecular weight is 215 g/mol. The van der Waals surface area contributed by atoms with E-state index in [9.17, 15) is 0 Å². The number of hydrogen-bond donors (Lipinski definition) is 0. The van der Waals surface area contributed by atoms with E-state index >= 15 is 0 Å². The highest BCUT2D eigenvalue weighted by atomic mass is 15.3. The Balaban J connectivity index is 1.71. The summed E-state index contributed by atoms with van der Waals surface area (Å²) >= 11 is 0. The summed E-state index contributed by atoms with van der Waals surface area (Å²) in [6.45, 7) is 3.70. The van der Waals surface area contributed by atoms with E-state index in [1.54, 1.807) is 12.4 Å². The molecule has 2 aromatic rings. The number of aromatic nitrogens is 4. The second-order valence-corrected chi connectivity index (χ2v) is 3.92. The minimum absolute atomic E-state index is 0.812. The summed E-state index contributed by atoms with van der Waals surface area (Å²) in [4.78, 5) is 10.8. The number of fused-ring (bicyclic) bond motifs is 1. The molecule has 0 fully saturated rings. The van der Waals surface area contributed by atoms with Crippen LogP contribution in [0.5, 0.6) is 0 Å². The molecule has 0 aromatic carbocycles. The number of hydrogen-bond acceptors (Lipinski definition) is 4. The van der Waals surface area contributed by atoms with Crippen molar-refractivity contribution < 1.29 is 0 Å². The molecule has 0 unspecified atom stereocenters. The highest BCUT2D eigenvalue weighted by molar-refractivity contribution is 5.03. The second-order valence-electron chi connectivity index (χ2n) is 3.92. The molecule has 2 aromatic heterocycles. The van der Waals surface area contributed by atoms with Crippen LogP contribution in [-0.4, -0.2) is 31.2 Å². The fraction of sp³-hybridized carbons (Fsp3) is 0.364. The molecule has 0 saturated carbocycles. The van der Waals surface area contributed by atoms with E-state index in [2.05, 4.69) is 30.7 Å². The van der Waals surface area contributed by atoms with Crippen LogP contribution in [0.1, 0.15) is 11.5 Å². The summed E-state index contributed by atoms with van der Waals surface area (Å²) in [6, 6.07) is 3.91. The van der Waals surface area contributed by atoms with Crippen LogP contribution < -0.4 is 0 Å². The third kappa shape index (κ3) is 1.81. The van der Waals surface area contributed by atoms with Crippen LogP contribution in [0, 0.1) is 0 Å². The molecule has 5 nitrogen and oxygen atoms in total. The Hall–Kier alpha value is -1.75. The molecule has 1 aliphatic heterocycles. The lowest BCUT2D eigenvalue weighted by Gasteiger charge is -2.26. The summed E-state index contributed by atoms with van der Waals surface area (Å²) in [5, 5.41) is 4.26. The maximum atomic E-state index is 4.26. The summed E-state index contributed by atoms with van der Waals surface area (Å²) in [6.07, 6.45) is 5.44. The van der Waals surface area contributed by atoms with Gasteiger partial charge in [0.15, 0.2) is 0 Å². The van der Waals surface area contributed by atoms with Gasteiger partial charge in [-0.1, -0.05) is 0 Å². The van der Waals surface area contributed by atoms with Crippen LogP contribution in [0.4, 0.5) is 0 Å². The first-order valence-electron chi connectivity index (χ1n) is 5.41. The van der Waals surface area contributed by atoms with E-state index in [0.29, 0.717) is 0 Å². The molecule has 5 heteroatoms. The lowest BCUT2D eigenvalue weighted by atomic mass is 10.3. The van der Waals surface area contributed by atoms with Crippen LogP contribution in [0.3, 0.4) is 0 Å². The van der Waals surface area contributed by atoms with E-state index in [-0.39, 0.29) is 0 Å². The van der Waals surface area contributed by atoms with Crippen molar-refractivity contribution >= 4 is 0 Å². The molecule has 0 amide bonds. The quantitative estimate of drug-likeness (QED) is 0.739. The lowest BCUT2D eigenvalue weighted by Crippen LogP contribution is -2.33. The monoisotopic (exact) mass is 215 g/mol. The number of rotatable bonds is 2. The molecule has 82 valence electrons. The molecule has 0 saturated heterocycles. The van der Waals surface area contributed by atoms with Gasteiger partial charge in [-0.05, 0) is 12.1 Å². The molecule has 3 rings (SSSR count). The fourth-order valence-corrected chi connectivity index (χ4v) is 1.99. The molecule has 0 spiro atoms. The standard InChI is InChI=1S/C11H13N5/c1-3-12-11(13-4-1)9-15-6-7-16-10(8-15)2-5-14-16/h1-5H,6-9H2. The van der Waals surface area contributed by atoms with E-state index < -0.39 is 0 Å². The van der Waals surface area contributed by atoms with Crippen LogP contribution in [-0.2, 0) is 19.6 Å². The summed E-state index contributed by atoms with van der Waals surface area (Å²) < 4.78 is 2.06. The molecular weight excluding hydrogens is 202 g/mol. The molecule has 0 aliphatic carbocycles. The summed E-state index contributed by atoms with van der Waals surface area (Å²) in [5.41, 5.74) is 1.27. The topological polar surface area (TPSA) is 46.8 Å². The largest absolute Gasteiger partial charge is 0.288 e. The smallest absolute Gasteiger partial charge is 0.142 e. The van der Waals surface area contributed by atoms with E-state index in [1.165, 1.54) is 5.69 Å². The maximum absolute atomic E-state index is 4.26. The van der Waals surface area contributed by atoms with Crippen LogP contribution >= 0.6 is 0 Å². The van der Waals surface area contributed by atoms with Gasteiger partial charge in [-0.15, -0.1) is 0 Å². The molecular formula is C11H13N5. The van der Waals surface area contributed by atoms with E-state index in [1.807, 2.05) is 12.3 Å². The molecule has 3 heterocycles. The van der Waals surface area contributed by atoms with Crippen molar-refractivity contribution in [3.63, 3.8) is 0 Å². The number of nitrogens with zero attached hydrogens (tertiary/aromatic N) is 5. The van der Waals surface area contributed by atoms with Gasteiger partial charge in [0.2, 0.25) is 0 Å². The van der Waals surface area contributed by atoms with Crippen LogP contribution in [0.25, 0.3) is 0 Å². The average Bonchev–Trinajstić information content (AvgIpc) is 2.77. The fourth-order valence-electron chi connectivity index (χ4n) is 1.99. The van der Waals surface area contributed by atoms with Gasteiger partial charge in [0.05, 0.1) is 18.8 Å². The van der Waals surface area contributed by atoms with Gasteiger partial charge in [0.25, 0.3) is 0 Å². The SMILES string of the molecule is c1cnc(CN2CCn3nccc3C2)nc1. The first kappa shape index (κ1) is 9.47. The predicted octanol–water partition coefficient (Wildman–Crippen LogP) is 0.689. The molecule has 0 bridgehead atoms. The van der Waals surface area contributed by atoms with Crippen molar-refractivity contribution in [2.24, 2.45) is 0 Å². The first-order chi connectivity index (χ1) is 7.92. The highest BCUT2D eigenvalue weighted by Gasteiger charge is 2.16. The van der Waals surface area contributed by atoms with E-state index in [4.69, 9.17) is 0 Å². The Labute approximate surface area is 93.7 Å². The van der Waals surface area contributed by atoms with Crippen molar-refractivity contribution in [3.8, 4) is 0 Å². The van der Waals surface area contributed by atoms with Crippen molar-refractivity contribution in [2.75, 3.05) is 6.54 Å². The zero-order chi connectivity index (χ0) is 10.8. The third-order valence-corrected chi connectivity index (χ3v) is 2.80. The lowest BCUT2D eigenvalue weighted by molar-refractivity contribution is 0.200. The third-order valence-electron chi connectivity index (χ3n) is 2.80. The van der Waals surface area contributed by atoms with Gasteiger partial charge in [0, 0.05) is 31.7 Å². The van der Waals surface area contributed by atoms with Crippen molar-refractivity contribution in [3.05, 3.63) is 42.2 Å². The second kappa shape index (κ2) is 4.02.